The van der Waals surface area contributed by atoms with Gasteiger partial charge in [0.2, 0.25) is 0 Å². The maximum absolute atomic E-state index is 11.7. The smallest absolute Gasteiger partial charge is 0.330 e. The molecule has 0 fully saturated rings. The van der Waals surface area contributed by atoms with Crippen LogP contribution in [0.15, 0.2) is 153 Å². The fraction of sp³-hybridized carbons (Fsp3) is 0.149. The van der Waals surface area contributed by atoms with Gasteiger partial charge in [-0.1, -0.05) is 104 Å². The third-order valence-corrected chi connectivity index (χ3v) is 10.4. The molecular formula is C47H38O6. The zero-order valence-electron chi connectivity index (χ0n) is 29.3. The lowest BCUT2D eigenvalue weighted by Crippen LogP contribution is -2.36. The largest absolute Gasteiger partial charge is 0.490 e. The third kappa shape index (κ3) is 6.06. The number of benzene rings is 6. The summed E-state index contributed by atoms with van der Waals surface area (Å²) in [6.07, 6.45) is 5.22. The third-order valence-electron chi connectivity index (χ3n) is 10.4. The van der Waals surface area contributed by atoms with Gasteiger partial charge in [-0.25, -0.2) is 9.59 Å². The fourth-order valence-electron chi connectivity index (χ4n) is 8.19. The van der Waals surface area contributed by atoms with Crippen LogP contribution in [0.5, 0.6) is 5.75 Å². The summed E-state index contributed by atoms with van der Waals surface area (Å²) in [6.45, 7) is 7.68. The Morgan fingerprint density at radius 3 is 2.00 bits per heavy atom. The van der Waals surface area contributed by atoms with Crippen molar-refractivity contribution >= 4 is 39.2 Å². The number of allylic oxidation sites excluding steroid dienone is 1. The maximum Gasteiger partial charge on any atom is 0.330 e. The highest BCUT2D eigenvalue weighted by atomic mass is 16.6. The Kier molecular flexibility index (Phi) is 9.11. The second-order valence-electron chi connectivity index (χ2n) is 13.2. The van der Waals surface area contributed by atoms with Gasteiger partial charge in [0.25, 0.3) is 0 Å². The Hall–Kier alpha value is -6.40. The molecule has 0 saturated carbocycles. The lowest BCUT2D eigenvalue weighted by atomic mass is 9.59. The summed E-state index contributed by atoms with van der Waals surface area (Å²) in [5.41, 5.74) is 7.91. The van der Waals surface area contributed by atoms with Crippen molar-refractivity contribution in [2.75, 3.05) is 26.4 Å². The van der Waals surface area contributed by atoms with Crippen LogP contribution < -0.4 is 4.74 Å². The van der Waals surface area contributed by atoms with Gasteiger partial charge in [0.1, 0.15) is 37.9 Å². The molecule has 0 aliphatic heterocycles. The molecule has 2 aliphatic rings. The van der Waals surface area contributed by atoms with Gasteiger partial charge in [0.15, 0.2) is 0 Å². The van der Waals surface area contributed by atoms with E-state index < -0.39 is 17.4 Å². The Balaban J connectivity index is 1.26. The van der Waals surface area contributed by atoms with Gasteiger partial charge in [-0.3, -0.25) is 0 Å². The van der Waals surface area contributed by atoms with E-state index in [4.69, 9.17) is 18.9 Å². The molecule has 0 spiro atoms. The number of esters is 2. The molecule has 6 aromatic rings. The molecular weight excluding hydrogens is 661 g/mol. The van der Waals surface area contributed by atoms with Gasteiger partial charge in [0, 0.05) is 23.6 Å². The highest BCUT2D eigenvalue weighted by molar-refractivity contribution is 5.96. The van der Waals surface area contributed by atoms with E-state index in [0.717, 1.165) is 40.7 Å². The van der Waals surface area contributed by atoms with Crippen LogP contribution in [0.1, 0.15) is 40.2 Å². The lowest BCUT2D eigenvalue weighted by molar-refractivity contribution is -0.139. The van der Waals surface area contributed by atoms with E-state index in [1.807, 2.05) is 18.2 Å². The zero-order valence-corrected chi connectivity index (χ0v) is 29.3. The van der Waals surface area contributed by atoms with Crippen LogP contribution in [0.25, 0.3) is 38.4 Å². The highest BCUT2D eigenvalue weighted by Crippen LogP contribution is 2.62. The molecule has 6 heteroatoms. The molecule has 262 valence electrons. The summed E-state index contributed by atoms with van der Waals surface area (Å²) in [5.74, 6) is 0.577. The first-order valence-electron chi connectivity index (χ1n) is 17.8. The fourth-order valence-corrected chi connectivity index (χ4v) is 8.19. The van der Waals surface area contributed by atoms with E-state index in [0.29, 0.717) is 5.75 Å². The quantitative estimate of drug-likeness (QED) is 0.0720. The number of carbonyl (C=O) groups excluding carboxylic acids is 2. The Morgan fingerprint density at radius 1 is 0.604 bits per heavy atom. The summed E-state index contributed by atoms with van der Waals surface area (Å²) in [6, 6.07) is 43.6. The van der Waals surface area contributed by atoms with E-state index in [1.165, 1.54) is 44.2 Å². The van der Waals surface area contributed by atoms with Gasteiger partial charge in [-0.2, -0.15) is 0 Å². The van der Waals surface area contributed by atoms with Crippen LogP contribution in [0.4, 0.5) is 0 Å². The Bertz CT molecular complexity index is 2440. The average Bonchev–Trinajstić information content (AvgIpc) is 3.49. The summed E-state index contributed by atoms with van der Waals surface area (Å²) in [5, 5.41) is 4.55. The van der Waals surface area contributed by atoms with Crippen molar-refractivity contribution in [3.05, 3.63) is 181 Å². The maximum atomic E-state index is 11.7. The van der Waals surface area contributed by atoms with Crippen LogP contribution in [-0.4, -0.2) is 38.4 Å². The minimum Gasteiger partial charge on any atom is -0.490 e. The normalized spacial score (nSPS) is 16.8. The van der Waals surface area contributed by atoms with Crippen LogP contribution in [0, 0.1) is 0 Å². The lowest BCUT2D eigenvalue weighted by Gasteiger charge is -2.43. The van der Waals surface area contributed by atoms with Crippen molar-refractivity contribution in [2.45, 2.75) is 17.8 Å². The van der Waals surface area contributed by atoms with E-state index in [1.54, 1.807) is 0 Å². The number of hydrogen-bond acceptors (Lipinski definition) is 6. The zero-order chi connectivity index (χ0) is 36.4. The van der Waals surface area contributed by atoms with Gasteiger partial charge in [-0.05, 0) is 97.8 Å². The Labute approximate surface area is 308 Å². The van der Waals surface area contributed by atoms with Gasteiger partial charge < -0.3 is 18.9 Å². The monoisotopic (exact) mass is 698 g/mol. The van der Waals surface area contributed by atoms with E-state index in [9.17, 15) is 9.59 Å². The van der Waals surface area contributed by atoms with Crippen molar-refractivity contribution < 1.29 is 28.5 Å². The molecule has 0 amide bonds. The van der Waals surface area contributed by atoms with Gasteiger partial charge in [0.05, 0.1) is 5.41 Å². The highest BCUT2D eigenvalue weighted by Gasteiger charge is 2.51. The molecule has 53 heavy (non-hydrogen) atoms. The van der Waals surface area contributed by atoms with Crippen molar-refractivity contribution in [2.24, 2.45) is 0 Å². The molecule has 2 unspecified atom stereocenters. The average molecular weight is 699 g/mol. The standard InChI is InChI=1S/C47H38O6/c1-3-45(48)52-25-23-50-36-20-18-33-27-35(19-17-34(33)28-36)47(41-16-10-9-14-38(41)40-29-31-11-5-6-12-32(31)30-43(40)47)42-21-22-44(39-15-8-7-13-37(39)42)51-24-26-53-46(49)4-2/h3-20,22,27-30,42H,1-2,21,23-26H2. The SMILES string of the molecule is C=CC(=O)OCCOC1=CCC(C2(c3ccc4cc(OCCOC(=O)C=C)ccc4c3)c3ccccc3-c3cc4ccccc4cc32)c2ccccc21. The minimum atomic E-state index is -0.550. The van der Waals surface area contributed by atoms with Crippen LogP contribution >= 0.6 is 0 Å². The second kappa shape index (κ2) is 14.3. The van der Waals surface area contributed by atoms with Crippen molar-refractivity contribution in [1.29, 1.82) is 0 Å². The molecule has 0 saturated heterocycles. The topological polar surface area (TPSA) is 71.1 Å². The van der Waals surface area contributed by atoms with Crippen molar-refractivity contribution in [3.8, 4) is 16.9 Å². The summed E-state index contributed by atoms with van der Waals surface area (Å²) in [7, 11) is 0. The first kappa shape index (κ1) is 33.7. The van der Waals surface area contributed by atoms with Crippen LogP contribution in [-0.2, 0) is 29.2 Å². The predicted octanol–water partition coefficient (Wildman–Crippen LogP) is 9.69. The second-order valence-corrected chi connectivity index (χ2v) is 13.2. The molecule has 6 nitrogen and oxygen atoms in total. The van der Waals surface area contributed by atoms with Crippen molar-refractivity contribution in [3.63, 3.8) is 0 Å². The summed E-state index contributed by atoms with van der Waals surface area (Å²) >= 11 is 0. The molecule has 2 aliphatic carbocycles. The number of rotatable bonds is 12. The van der Waals surface area contributed by atoms with Crippen molar-refractivity contribution in [1.82, 2.24) is 0 Å². The van der Waals surface area contributed by atoms with E-state index in [-0.39, 0.29) is 32.3 Å². The molecule has 2 atom stereocenters. The van der Waals surface area contributed by atoms with Gasteiger partial charge in [-0.15, -0.1) is 0 Å². The summed E-state index contributed by atoms with van der Waals surface area (Å²) in [4.78, 5) is 23.1. The van der Waals surface area contributed by atoms with Crippen LogP contribution in [0.3, 0.4) is 0 Å². The minimum absolute atomic E-state index is 0.0199. The predicted molar refractivity (Wildman–Crippen MR) is 209 cm³/mol. The van der Waals surface area contributed by atoms with Gasteiger partial charge >= 0.3 is 11.9 Å². The first-order chi connectivity index (χ1) is 26.0. The van der Waals surface area contributed by atoms with E-state index in [2.05, 4.69) is 122 Å². The molecule has 0 N–H and O–H groups in total. The number of ether oxygens (including phenoxy) is 4. The van der Waals surface area contributed by atoms with E-state index >= 15 is 0 Å². The molecule has 0 aromatic heterocycles. The molecule has 0 bridgehead atoms. The number of hydrogen-bond donors (Lipinski definition) is 0. The van der Waals surface area contributed by atoms with Crippen LogP contribution in [0.2, 0.25) is 0 Å². The molecule has 6 aromatic carbocycles. The Morgan fingerprint density at radius 2 is 1.23 bits per heavy atom. The first-order valence-corrected chi connectivity index (χ1v) is 17.8. The molecule has 8 rings (SSSR count). The summed E-state index contributed by atoms with van der Waals surface area (Å²) < 4.78 is 22.5. The molecule has 0 radical (unpaired) electrons. The molecule has 0 heterocycles. The number of fused-ring (bicyclic) bond motifs is 6. The number of carbonyl (C=O) groups is 2.